The van der Waals surface area contributed by atoms with Gasteiger partial charge in [-0.3, -0.25) is 9.59 Å². The average Bonchev–Trinajstić information content (AvgIpc) is 3.12. The van der Waals surface area contributed by atoms with Gasteiger partial charge >= 0.3 is 0 Å². The molecule has 1 atom stereocenters. The van der Waals surface area contributed by atoms with E-state index in [1.807, 2.05) is 44.2 Å². The Morgan fingerprint density at radius 3 is 2.40 bits per heavy atom. The number of carbonyl (C=O) groups excluding carboxylic acids is 2. The molecule has 1 aliphatic rings. The molecule has 3 aromatic carbocycles. The Morgan fingerprint density at radius 2 is 1.74 bits per heavy atom. The molecular weight excluding hydrogens is 445 g/mol. The van der Waals surface area contributed by atoms with Crippen molar-refractivity contribution in [2.75, 3.05) is 13.2 Å². The molecule has 0 aromatic heterocycles. The Kier molecular flexibility index (Phi) is 7.30. The maximum atomic E-state index is 13.3. The van der Waals surface area contributed by atoms with Crippen molar-refractivity contribution >= 4 is 17.4 Å². The zero-order valence-electron chi connectivity index (χ0n) is 19.8. The highest BCUT2D eigenvalue weighted by Crippen LogP contribution is 2.39. The molecule has 1 N–H and O–H groups in total. The van der Waals surface area contributed by atoms with Crippen LogP contribution < -0.4 is 4.74 Å². The van der Waals surface area contributed by atoms with E-state index < -0.39 is 17.7 Å². The number of ether oxygens (including phenoxy) is 1. The largest absolute Gasteiger partial charge is 0.507 e. The van der Waals surface area contributed by atoms with Gasteiger partial charge in [-0.05, 0) is 66.8 Å². The molecular formula is C29H28FNO4. The number of amides is 1. The van der Waals surface area contributed by atoms with Crippen molar-refractivity contribution < 1.29 is 23.8 Å². The zero-order chi connectivity index (χ0) is 24.9. The highest BCUT2D eigenvalue weighted by Gasteiger charge is 2.45. The van der Waals surface area contributed by atoms with E-state index in [9.17, 15) is 19.1 Å². The monoisotopic (exact) mass is 473 g/mol. The first kappa shape index (κ1) is 24.2. The number of Topliss-reactive ketones (excluding diaryl/α,β-unsaturated/α-hetero) is 1. The van der Waals surface area contributed by atoms with E-state index in [4.69, 9.17) is 4.74 Å². The quantitative estimate of drug-likeness (QED) is 0.263. The van der Waals surface area contributed by atoms with Crippen LogP contribution in [0, 0.1) is 12.7 Å². The van der Waals surface area contributed by atoms with Crippen LogP contribution in [-0.2, 0) is 16.0 Å². The van der Waals surface area contributed by atoms with Crippen molar-refractivity contribution in [3.63, 3.8) is 0 Å². The summed E-state index contributed by atoms with van der Waals surface area (Å²) in [5.74, 6) is -1.23. The fraction of sp³-hybridized carbons (Fsp3) is 0.241. The molecule has 0 spiro atoms. The summed E-state index contributed by atoms with van der Waals surface area (Å²) in [6, 6.07) is 19.7. The number of aryl methyl sites for hydroxylation is 1. The Labute approximate surface area is 204 Å². The first-order valence-corrected chi connectivity index (χ1v) is 11.7. The van der Waals surface area contributed by atoms with Crippen molar-refractivity contribution in [2.45, 2.75) is 32.7 Å². The summed E-state index contributed by atoms with van der Waals surface area (Å²) < 4.78 is 19.0. The average molecular weight is 474 g/mol. The van der Waals surface area contributed by atoms with Gasteiger partial charge in [0.2, 0.25) is 0 Å². The van der Waals surface area contributed by atoms with Gasteiger partial charge in [0.05, 0.1) is 18.2 Å². The zero-order valence-corrected chi connectivity index (χ0v) is 19.8. The molecule has 5 nitrogen and oxygen atoms in total. The number of hydrogen-bond acceptors (Lipinski definition) is 4. The first-order chi connectivity index (χ1) is 16.9. The molecule has 180 valence electrons. The van der Waals surface area contributed by atoms with Gasteiger partial charge in [0, 0.05) is 12.1 Å². The van der Waals surface area contributed by atoms with E-state index in [-0.39, 0.29) is 23.7 Å². The second kappa shape index (κ2) is 10.6. The first-order valence-electron chi connectivity index (χ1n) is 11.7. The van der Waals surface area contributed by atoms with Crippen LogP contribution in [0.25, 0.3) is 5.76 Å². The minimum absolute atomic E-state index is 0.0573. The molecule has 0 aliphatic carbocycles. The molecule has 0 saturated carbocycles. The van der Waals surface area contributed by atoms with Crippen molar-refractivity contribution in [3.05, 3.63) is 106 Å². The molecule has 1 fully saturated rings. The smallest absolute Gasteiger partial charge is 0.295 e. The number of carbonyl (C=O) groups is 2. The van der Waals surface area contributed by atoms with Crippen molar-refractivity contribution in [1.82, 2.24) is 4.90 Å². The number of likely N-dealkylation sites (tertiary alicyclic amines) is 1. The van der Waals surface area contributed by atoms with E-state index in [1.54, 1.807) is 30.3 Å². The highest BCUT2D eigenvalue weighted by molar-refractivity contribution is 6.46. The molecule has 1 aliphatic heterocycles. The second-order valence-electron chi connectivity index (χ2n) is 8.61. The lowest BCUT2D eigenvalue weighted by Gasteiger charge is -2.25. The lowest BCUT2D eigenvalue weighted by atomic mass is 9.94. The Morgan fingerprint density at radius 1 is 1.03 bits per heavy atom. The number of benzene rings is 3. The van der Waals surface area contributed by atoms with Gasteiger partial charge < -0.3 is 14.7 Å². The summed E-state index contributed by atoms with van der Waals surface area (Å²) in [4.78, 5) is 27.8. The minimum Gasteiger partial charge on any atom is -0.507 e. The summed E-state index contributed by atoms with van der Waals surface area (Å²) in [7, 11) is 0. The number of halogens is 1. The fourth-order valence-corrected chi connectivity index (χ4v) is 4.32. The fourth-order valence-electron chi connectivity index (χ4n) is 4.32. The van der Waals surface area contributed by atoms with E-state index >= 15 is 0 Å². The van der Waals surface area contributed by atoms with Crippen LogP contribution in [0.2, 0.25) is 0 Å². The van der Waals surface area contributed by atoms with E-state index in [2.05, 4.69) is 0 Å². The molecule has 1 saturated heterocycles. The van der Waals surface area contributed by atoms with Crippen LogP contribution >= 0.6 is 0 Å². The summed E-state index contributed by atoms with van der Waals surface area (Å²) in [6.45, 7) is 4.72. The van der Waals surface area contributed by atoms with Gasteiger partial charge in [0.15, 0.2) is 0 Å². The van der Waals surface area contributed by atoms with Gasteiger partial charge in [-0.1, -0.05) is 49.4 Å². The standard InChI is InChI=1S/C29H28FNO4/c1-3-17-35-24-14-11-22(18-19(24)2)27(32)25-26(21-7-5-4-6-8-21)31(29(34)28(25)33)16-15-20-9-12-23(30)13-10-20/h4-14,18,26,32H,3,15-17H2,1-2H3/b27-25-. The number of hydrogen-bond donors (Lipinski definition) is 1. The molecule has 0 bridgehead atoms. The molecule has 4 rings (SSSR count). The Balaban J connectivity index is 1.72. The number of rotatable bonds is 8. The molecule has 0 radical (unpaired) electrons. The number of aliphatic hydroxyl groups is 1. The Hall–Kier alpha value is -3.93. The normalized spacial score (nSPS) is 17.1. The van der Waals surface area contributed by atoms with E-state index in [0.717, 1.165) is 23.1 Å². The van der Waals surface area contributed by atoms with Crippen LogP contribution in [0.5, 0.6) is 5.75 Å². The third kappa shape index (κ3) is 5.11. The SMILES string of the molecule is CCCOc1ccc(/C(O)=C2/C(=O)C(=O)N(CCc3ccc(F)cc3)C2c2ccccc2)cc1C. The molecule has 1 unspecified atom stereocenters. The predicted molar refractivity (Wildman–Crippen MR) is 133 cm³/mol. The van der Waals surface area contributed by atoms with Gasteiger partial charge in [0.1, 0.15) is 17.3 Å². The van der Waals surface area contributed by atoms with Gasteiger partial charge in [-0.2, -0.15) is 0 Å². The maximum Gasteiger partial charge on any atom is 0.295 e. The minimum atomic E-state index is -0.729. The lowest BCUT2D eigenvalue weighted by molar-refractivity contribution is -0.139. The van der Waals surface area contributed by atoms with Crippen LogP contribution in [0.3, 0.4) is 0 Å². The molecule has 35 heavy (non-hydrogen) atoms. The number of nitrogens with zero attached hydrogens (tertiary/aromatic N) is 1. The number of ketones is 1. The second-order valence-corrected chi connectivity index (χ2v) is 8.61. The highest BCUT2D eigenvalue weighted by atomic mass is 19.1. The topological polar surface area (TPSA) is 66.8 Å². The van der Waals surface area contributed by atoms with E-state index in [1.165, 1.54) is 17.0 Å². The van der Waals surface area contributed by atoms with Crippen molar-refractivity contribution in [2.24, 2.45) is 0 Å². The van der Waals surface area contributed by atoms with Crippen LogP contribution in [-0.4, -0.2) is 34.8 Å². The summed E-state index contributed by atoms with van der Waals surface area (Å²) in [6.07, 6.45) is 1.32. The number of aliphatic hydroxyl groups excluding tert-OH is 1. The van der Waals surface area contributed by atoms with Crippen molar-refractivity contribution in [3.8, 4) is 5.75 Å². The summed E-state index contributed by atoms with van der Waals surface area (Å²) in [5.41, 5.74) is 2.90. The predicted octanol–water partition coefficient (Wildman–Crippen LogP) is 5.59. The van der Waals surface area contributed by atoms with Crippen LogP contribution in [0.15, 0.2) is 78.4 Å². The maximum absolute atomic E-state index is 13.3. The van der Waals surface area contributed by atoms with Crippen LogP contribution in [0.1, 0.15) is 41.6 Å². The van der Waals surface area contributed by atoms with Gasteiger partial charge in [-0.15, -0.1) is 0 Å². The van der Waals surface area contributed by atoms with Gasteiger partial charge in [0.25, 0.3) is 11.7 Å². The molecule has 1 amide bonds. The Bertz CT molecular complexity index is 1250. The summed E-state index contributed by atoms with van der Waals surface area (Å²) >= 11 is 0. The van der Waals surface area contributed by atoms with Crippen LogP contribution in [0.4, 0.5) is 4.39 Å². The molecule has 3 aromatic rings. The third-order valence-electron chi connectivity index (χ3n) is 6.12. The molecule has 1 heterocycles. The lowest BCUT2D eigenvalue weighted by Crippen LogP contribution is -2.31. The summed E-state index contributed by atoms with van der Waals surface area (Å²) in [5, 5.41) is 11.3. The molecule has 6 heteroatoms. The van der Waals surface area contributed by atoms with Gasteiger partial charge in [-0.25, -0.2) is 4.39 Å². The van der Waals surface area contributed by atoms with E-state index in [0.29, 0.717) is 24.3 Å². The van der Waals surface area contributed by atoms with Crippen molar-refractivity contribution in [1.29, 1.82) is 0 Å². The third-order valence-corrected chi connectivity index (χ3v) is 6.12.